The molecule has 0 saturated carbocycles. The Bertz CT molecular complexity index is 751. The zero-order valence-electron chi connectivity index (χ0n) is 16.6. The first kappa shape index (κ1) is 20.0. The highest BCUT2D eigenvalue weighted by Gasteiger charge is 2.23. The summed E-state index contributed by atoms with van der Waals surface area (Å²) < 4.78 is 13.1. The van der Waals surface area contributed by atoms with Crippen molar-refractivity contribution in [2.45, 2.75) is 26.7 Å². The van der Waals surface area contributed by atoms with Crippen LogP contribution in [0.4, 0.5) is 15.9 Å². The van der Waals surface area contributed by atoms with Gasteiger partial charge in [0.25, 0.3) is 5.91 Å². The van der Waals surface area contributed by atoms with Gasteiger partial charge in [0, 0.05) is 45.0 Å². The fourth-order valence-corrected chi connectivity index (χ4v) is 3.47. The minimum Gasteiger partial charge on any atom is -0.368 e. The highest BCUT2D eigenvalue weighted by Crippen LogP contribution is 2.18. The third-order valence-electron chi connectivity index (χ3n) is 4.94. The Morgan fingerprint density at radius 1 is 0.964 bits per heavy atom. The molecular weight excluding hydrogens is 357 g/mol. The van der Waals surface area contributed by atoms with Gasteiger partial charge in [-0.2, -0.15) is 0 Å². The molecule has 1 fully saturated rings. The molecule has 0 N–H and O–H groups in total. The zero-order valence-corrected chi connectivity index (χ0v) is 16.6. The van der Waals surface area contributed by atoms with Gasteiger partial charge >= 0.3 is 0 Å². The first-order valence-electron chi connectivity index (χ1n) is 10.0. The Labute approximate surface area is 166 Å². The van der Waals surface area contributed by atoms with Gasteiger partial charge in [-0.1, -0.05) is 13.8 Å². The monoisotopic (exact) mass is 385 g/mol. The summed E-state index contributed by atoms with van der Waals surface area (Å²) in [7, 11) is 0. The van der Waals surface area contributed by atoms with Crippen molar-refractivity contribution in [3.63, 3.8) is 0 Å². The molecule has 28 heavy (non-hydrogen) atoms. The van der Waals surface area contributed by atoms with E-state index in [-0.39, 0.29) is 11.7 Å². The molecule has 0 radical (unpaired) electrons. The van der Waals surface area contributed by atoms with Gasteiger partial charge in [0.2, 0.25) is 0 Å². The summed E-state index contributed by atoms with van der Waals surface area (Å²) in [6, 6.07) is 10.1. The molecule has 2 aromatic rings. The summed E-state index contributed by atoms with van der Waals surface area (Å²) in [5.74, 6) is 0.493. The molecule has 1 aromatic carbocycles. The van der Waals surface area contributed by atoms with Crippen molar-refractivity contribution >= 4 is 17.4 Å². The third-order valence-corrected chi connectivity index (χ3v) is 4.94. The lowest BCUT2D eigenvalue weighted by Gasteiger charge is -2.36. The minimum absolute atomic E-state index is 0.0876. The Morgan fingerprint density at radius 2 is 1.61 bits per heavy atom. The summed E-state index contributed by atoms with van der Waals surface area (Å²) in [5, 5.41) is 8.47. The summed E-state index contributed by atoms with van der Waals surface area (Å²) in [5.41, 5.74) is 1.36. The van der Waals surface area contributed by atoms with E-state index in [1.807, 2.05) is 6.07 Å². The fourth-order valence-electron chi connectivity index (χ4n) is 3.47. The van der Waals surface area contributed by atoms with E-state index in [1.165, 1.54) is 12.1 Å². The normalized spacial score (nSPS) is 14.2. The van der Waals surface area contributed by atoms with Crippen LogP contribution in [-0.2, 0) is 0 Å². The quantitative estimate of drug-likeness (QED) is 0.733. The number of hydrogen-bond acceptors (Lipinski definition) is 5. The molecule has 1 aliphatic rings. The lowest BCUT2D eigenvalue weighted by atomic mass is 10.2. The molecule has 1 aliphatic heterocycles. The molecule has 1 saturated heterocycles. The maximum atomic E-state index is 13.1. The molecule has 0 bridgehead atoms. The standard InChI is InChI=1S/C21H28FN5O/c1-3-11-26(12-4-2)20-10-9-19(23-24-20)21(28)27-15-13-25(14-16-27)18-7-5-17(22)6-8-18/h5-10H,3-4,11-16H2,1-2H3. The topological polar surface area (TPSA) is 52.6 Å². The lowest BCUT2D eigenvalue weighted by molar-refractivity contribution is 0.0739. The number of aromatic nitrogens is 2. The number of carbonyl (C=O) groups is 1. The summed E-state index contributed by atoms with van der Waals surface area (Å²) in [4.78, 5) is 18.9. The Balaban J connectivity index is 1.59. The highest BCUT2D eigenvalue weighted by molar-refractivity contribution is 5.92. The molecule has 3 rings (SSSR count). The van der Waals surface area contributed by atoms with Crippen LogP contribution in [-0.4, -0.2) is 60.3 Å². The first-order chi connectivity index (χ1) is 13.6. The molecule has 1 aromatic heterocycles. The van der Waals surface area contributed by atoms with E-state index in [1.54, 1.807) is 23.1 Å². The van der Waals surface area contributed by atoms with Crippen molar-refractivity contribution in [1.82, 2.24) is 15.1 Å². The van der Waals surface area contributed by atoms with Gasteiger partial charge in [0.15, 0.2) is 11.5 Å². The van der Waals surface area contributed by atoms with E-state index >= 15 is 0 Å². The summed E-state index contributed by atoms with van der Waals surface area (Å²) >= 11 is 0. The zero-order chi connectivity index (χ0) is 19.9. The van der Waals surface area contributed by atoms with E-state index in [2.05, 4.69) is 33.8 Å². The second kappa shape index (κ2) is 9.48. The van der Waals surface area contributed by atoms with Crippen molar-refractivity contribution in [1.29, 1.82) is 0 Å². The van der Waals surface area contributed by atoms with Gasteiger partial charge in [0.05, 0.1) is 0 Å². The Hall–Kier alpha value is -2.70. The van der Waals surface area contributed by atoms with Gasteiger partial charge in [-0.25, -0.2) is 4.39 Å². The van der Waals surface area contributed by atoms with Crippen molar-refractivity contribution in [3.8, 4) is 0 Å². The van der Waals surface area contributed by atoms with Gasteiger partial charge < -0.3 is 14.7 Å². The number of rotatable bonds is 7. The molecule has 1 amide bonds. The first-order valence-corrected chi connectivity index (χ1v) is 10.0. The number of hydrogen-bond donors (Lipinski definition) is 0. The summed E-state index contributed by atoms with van der Waals surface area (Å²) in [6.45, 7) is 8.78. The molecule has 7 heteroatoms. The van der Waals surface area contributed by atoms with Crippen LogP contribution >= 0.6 is 0 Å². The maximum absolute atomic E-state index is 13.1. The fraction of sp³-hybridized carbons (Fsp3) is 0.476. The maximum Gasteiger partial charge on any atom is 0.274 e. The van der Waals surface area contributed by atoms with Gasteiger partial charge in [-0.3, -0.25) is 4.79 Å². The van der Waals surface area contributed by atoms with Gasteiger partial charge in [0.1, 0.15) is 5.82 Å². The van der Waals surface area contributed by atoms with Crippen molar-refractivity contribution < 1.29 is 9.18 Å². The number of piperazine rings is 1. The molecule has 0 spiro atoms. The van der Waals surface area contributed by atoms with E-state index < -0.39 is 0 Å². The van der Waals surface area contributed by atoms with Crippen LogP contribution in [0.25, 0.3) is 0 Å². The minimum atomic E-state index is -0.240. The molecular formula is C21H28FN5O. The highest BCUT2D eigenvalue weighted by atomic mass is 19.1. The molecule has 0 aliphatic carbocycles. The van der Waals surface area contributed by atoms with Crippen LogP contribution in [0, 0.1) is 5.82 Å². The largest absolute Gasteiger partial charge is 0.368 e. The molecule has 6 nitrogen and oxygen atoms in total. The molecule has 2 heterocycles. The van der Waals surface area contributed by atoms with Crippen LogP contribution in [0.1, 0.15) is 37.2 Å². The van der Waals surface area contributed by atoms with Crippen molar-refractivity contribution in [2.24, 2.45) is 0 Å². The average molecular weight is 385 g/mol. The van der Waals surface area contributed by atoms with Crippen molar-refractivity contribution in [2.75, 3.05) is 49.1 Å². The lowest BCUT2D eigenvalue weighted by Crippen LogP contribution is -2.49. The number of halogens is 1. The Morgan fingerprint density at radius 3 is 2.14 bits per heavy atom. The summed E-state index contributed by atoms with van der Waals surface area (Å²) in [6.07, 6.45) is 2.08. The number of amides is 1. The van der Waals surface area contributed by atoms with E-state index in [0.29, 0.717) is 31.9 Å². The molecule has 0 unspecified atom stereocenters. The molecule has 150 valence electrons. The number of anilines is 2. The van der Waals surface area contributed by atoms with Crippen LogP contribution in [0.15, 0.2) is 36.4 Å². The SMILES string of the molecule is CCCN(CCC)c1ccc(C(=O)N2CCN(c3ccc(F)cc3)CC2)nn1. The van der Waals surface area contributed by atoms with Crippen LogP contribution in [0.3, 0.4) is 0 Å². The predicted octanol–water partition coefficient (Wildman–Crippen LogP) is 3.20. The average Bonchev–Trinajstić information content (AvgIpc) is 2.74. The van der Waals surface area contributed by atoms with E-state index in [4.69, 9.17) is 0 Å². The number of carbonyl (C=O) groups excluding carboxylic acids is 1. The smallest absolute Gasteiger partial charge is 0.274 e. The van der Waals surface area contributed by atoms with Gasteiger partial charge in [-0.05, 0) is 49.2 Å². The van der Waals surface area contributed by atoms with Crippen LogP contribution in [0.2, 0.25) is 0 Å². The second-order valence-corrected chi connectivity index (χ2v) is 7.02. The van der Waals surface area contributed by atoms with Gasteiger partial charge in [-0.15, -0.1) is 10.2 Å². The Kier molecular flexibility index (Phi) is 6.79. The number of nitrogens with zero attached hydrogens (tertiary/aromatic N) is 5. The predicted molar refractivity (Wildman–Crippen MR) is 109 cm³/mol. The third kappa shape index (κ3) is 4.77. The molecule has 0 atom stereocenters. The number of benzene rings is 1. The van der Waals surface area contributed by atoms with Crippen LogP contribution in [0.5, 0.6) is 0 Å². The van der Waals surface area contributed by atoms with Crippen molar-refractivity contribution in [3.05, 3.63) is 47.9 Å². The van der Waals surface area contributed by atoms with E-state index in [9.17, 15) is 9.18 Å². The van der Waals surface area contributed by atoms with E-state index in [0.717, 1.165) is 37.4 Å². The van der Waals surface area contributed by atoms with Crippen LogP contribution < -0.4 is 9.80 Å². The second-order valence-electron chi connectivity index (χ2n) is 7.02.